The molecular weight excluding hydrogens is 340 g/mol. The van der Waals surface area contributed by atoms with Crippen LogP contribution in [-0.4, -0.2) is 15.5 Å². The molecule has 1 aliphatic rings. The van der Waals surface area contributed by atoms with E-state index < -0.39 is 5.97 Å². The fourth-order valence-corrected chi connectivity index (χ4v) is 3.93. The van der Waals surface area contributed by atoms with Crippen molar-refractivity contribution in [2.24, 2.45) is 0 Å². The molecule has 0 saturated heterocycles. The van der Waals surface area contributed by atoms with E-state index >= 15 is 0 Å². The van der Waals surface area contributed by atoms with Crippen molar-refractivity contribution in [2.75, 3.05) is 0 Å². The molecule has 5 rings (SSSR count). The summed E-state index contributed by atoms with van der Waals surface area (Å²) in [6.07, 6.45) is 1.98. The van der Waals surface area contributed by atoms with Gasteiger partial charge in [-0.05, 0) is 30.0 Å². The first kappa shape index (κ1) is 15.8. The zero-order valence-corrected chi connectivity index (χ0v) is 14.7. The van der Waals surface area contributed by atoms with Crippen LogP contribution < -0.4 is 5.56 Å². The fourth-order valence-electron chi connectivity index (χ4n) is 3.93. The van der Waals surface area contributed by atoms with Crippen molar-refractivity contribution in [1.82, 2.24) is 9.55 Å². The number of hydrogen-bond acceptors (Lipinski definition) is 4. The highest BCUT2D eigenvalue weighted by Crippen LogP contribution is 2.38. The molecule has 0 fully saturated rings. The molecule has 0 spiro atoms. The van der Waals surface area contributed by atoms with Crippen molar-refractivity contribution in [3.63, 3.8) is 0 Å². The fraction of sp³-hybridized carbons (Fsp3) is 0.136. The summed E-state index contributed by atoms with van der Waals surface area (Å²) >= 11 is 0. The van der Waals surface area contributed by atoms with Crippen LogP contribution in [0, 0.1) is 0 Å². The monoisotopic (exact) mass is 356 g/mol. The van der Waals surface area contributed by atoms with Gasteiger partial charge in [-0.1, -0.05) is 43.3 Å². The molecule has 0 aliphatic carbocycles. The predicted molar refractivity (Wildman–Crippen MR) is 103 cm³/mol. The number of pyridine rings is 2. The summed E-state index contributed by atoms with van der Waals surface area (Å²) < 4.78 is 7.08. The largest absolute Gasteiger partial charge is 0.453 e. The SMILES string of the molecule is CCC1OC(=O)c2c1c1ccccc1c(=O)n2-c1cccc2cccnc12. The van der Waals surface area contributed by atoms with Crippen molar-refractivity contribution >= 4 is 27.6 Å². The van der Waals surface area contributed by atoms with Crippen LogP contribution in [0.1, 0.15) is 35.5 Å². The Morgan fingerprint density at radius 3 is 2.59 bits per heavy atom. The summed E-state index contributed by atoms with van der Waals surface area (Å²) in [5.74, 6) is -0.465. The van der Waals surface area contributed by atoms with Crippen LogP contribution in [0.4, 0.5) is 0 Å². The summed E-state index contributed by atoms with van der Waals surface area (Å²) in [4.78, 5) is 30.6. The second-order valence-electron chi connectivity index (χ2n) is 6.60. The van der Waals surface area contributed by atoms with Gasteiger partial charge in [0.05, 0.1) is 11.2 Å². The number of nitrogens with zero attached hydrogens (tertiary/aromatic N) is 2. The Kier molecular flexibility index (Phi) is 3.37. The van der Waals surface area contributed by atoms with Gasteiger partial charge in [0.1, 0.15) is 11.8 Å². The van der Waals surface area contributed by atoms with Crippen molar-refractivity contribution < 1.29 is 9.53 Å². The van der Waals surface area contributed by atoms with Gasteiger partial charge in [-0.25, -0.2) is 4.79 Å². The first-order valence-electron chi connectivity index (χ1n) is 8.93. The van der Waals surface area contributed by atoms with E-state index in [4.69, 9.17) is 4.74 Å². The maximum Gasteiger partial charge on any atom is 0.356 e. The molecule has 1 aliphatic heterocycles. The lowest BCUT2D eigenvalue weighted by molar-refractivity contribution is 0.0375. The molecule has 3 heterocycles. The summed E-state index contributed by atoms with van der Waals surface area (Å²) in [5, 5.41) is 2.25. The van der Waals surface area contributed by atoms with Gasteiger partial charge in [-0.3, -0.25) is 14.3 Å². The van der Waals surface area contributed by atoms with E-state index in [0.717, 1.165) is 16.3 Å². The van der Waals surface area contributed by atoms with Gasteiger partial charge in [-0.2, -0.15) is 0 Å². The van der Waals surface area contributed by atoms with E-state index in [-0.39, 0.29) is 11.7 Å². The molecule has 2 aromatic heterocycles. The second-order valence-corrected chi connectivity index (χ2v) is 6.60. The van der Waals surface area contributed by atoms with Crippen molar-refractivity contribution in [2.45, 2.75) is 19.4 Å². The van der Waals surface area contributed by atoms with E-state index in [0.29, 0.717) is 28.7 Å². The average Bonchev–Trinajstić information content (AvgIpc) is 3.05. The quantitative estimate of drug-likeness (QED) is 0.506. The minimum atomic E-state index is -0.465. The number of hydrogen-bond donors (Lipinski definition) is 0. The number of aromatic nitrogens is 2. The lowest BCUT2D eigenvalue weighted by Crippen LogP contribution is -2.25. The molecule has 0 saturated carbocycles. The van der Waals surface area contributed by atoms with Gasteiger partial charge in [0, 0.05) is 22.5 Å². The van der Waals surface area contributed by atoms with Crippen LogP contribution in [-0.2, 0) is 4.74 Å². The summed E-state index contributed by atoms with van der Waals surface area (Å²) in [7, 11) is 0. The predicted octanol–water partition coefficient (Wildman–Crippen LogP) is 4.16. The molecule has 0 amide bonds. The lowest BCUT2D eigenvalue weighted by atomic mass is 9.99. The van der Waals surface area contributed by atoms with Gasteiger partial charge in [-0.15, -0.1) is 0 Å². The van der Waals surface area contributed by atoms with Crippen molar-refractivity contribution in [1.29, 1.82) is 0 Å². The summed E-state index contributed by atoms with van der Waals surface area (Å²) in [6, 6.07) is 16.8. The Morgan fingerprint density at radius 2 is 1.78 bits per heavy atom. The van der Waals surface area contributed by atoms with Crippen LogP contribution >= 0.6 is 0 Å². The number of esters is 1. The molecule has 5 heteroatoms. The molecule has 1 atom stereocenters. The van der Waals surface area contributed by atoms with Gasteiger partial charge < -0.3 is 4.74 Å². The summed E-state index contributed by atoms with van der Waals surface area (Å²) in [6.45, 7) is 1.97. The third-order valence-electron chi connectivity index (χ3n) is 5.12. The Morgan fingerprint density at radius 1 is 1.00 bits per heavy atom. The number of rotatable bonds is 2. The van der Waals surface area contributed by atoms with Gasteiger partial charge >= 0.3 is 5.97 Å². The number of carbonyl (C=O) groups excluding carboxylic acids is 1. The molecule has 1 unspecified atom stereocenters. The molecule has 5 nitrogen and oxygen atoms in total. The molecular formula is C22H16N2O3. The van der Waals surface area contributed by atoms with Crippen LogP contribution in [0.15, 0.2) is 65.6 Å². The average molecular weight is 356 g/mol. The highest BCUT2D eigenvalue weighted by atomic mass is 16.5. The maximum absolute atomic E-state index is 13.4. The van der Waals surface area contributed by atoms with Crippen molar-refractivity contribution in [3.05, 3.63) is 82.4 Å². The zero-order valence-electron chi connectivity index (χ0n) is 14.7. The van der Waals surface area contributed by atoms with Crippen LogP contribution in [0.5, 0.6) is 0 Å². The van der Waals surface area contributed by atoms with E-state index in [9.17, 15) is 9.59 Å². The summed E-state index contributed by atoms with van der Waals surface area (Å²) in [5.41, 5.74) is 2.12. The van der Waals surface area contributed by atoms with Crippen molar-refractivity contribution in [3.8, 4) is 5.69 Å². The van der Waals surface area contributed by atoms with E-state index in [1.54, 1.807) is 12.3 Å². The number of ether oxygens (including phenoxy) is 1. The maximum atomic E-state index is 13.4. The zero-order chi connectivity index (χ0) is 18.5. The molecule has 2 aromatic carbocycles. The minimum Gasteiger partial charge on any atom is -0.453 e. The number of fused-ring (bicyclic) bond motifs is 4. The highest BCUT2D eigenvalue weighted by Gasteiger charge is 2.36. The number of carbonyl (C=O) groups is 1. The molecule has 4 aromatic rings. The topological polar surface area (TPSA) is 61.2 Å². The van der Waals surface area contributed by atoms with Gasteiger partial charge in [0.15, 0.2) is 0 Å². The lowest BCUT2D eigenvalue weighted by Gasteiger charge is -2.15. The number of benzene rings is 2. The molecule has 0 radical (unpaired) electrons. The minimum absolute atomic E-state index is 0.240. The van der Waals surface area contributed by atoms with Crippen LogP contribution in [0.2, 0.25) is 0 Å². The normalized spacial score (nSPS) is 15.9. The van der Waals surface area contributed by atoms with E-state index in [2.05, 4.69) is 4.98 Å². The van der Waals surface area contributed by atoms with Gasteiger partial charge in [0.2, 0.25) is 0 Å². The second kappa shape index (κ2) is 5.77. The van der Waals surface area contributed by atoms with Gasteiger partial charge in [0.25, 0.3) is 5.56 Å². The smallest absolute Gasteiger partial charge is 0.356 e. The molecule has 27 heavy (non-hydrogen) atoms. The number of para-hydroxylation sites is 1. The Bertz CT molecular complexity index is 1280. The third kappa shape index (κ3) is 2.15. The van der Waals surface area contributed by atoms with Crippen LogP contribution in [0.3, 0.4) is 0 Å². The molecule has 132 valence electrons. The highest BCUT2D eigenvalue weighted by molar-refractivity contribution is 6.01. The van der Waals surface area contributed by atoms with Crippen LogP contribution in [0.25, 0.3) is 27.4 Å². The van der Waals surface area contributed by atoms with E-state index in [1.807, 2.05) is 55.5 Å². The molecule has 0 bridgehead atoms. The Hall–Kier alpha value is -3.47. The first-order valence-corrected chi connectivity index (χ1v) is 8.93. The standard InChI is InChI=1S/C22H16N2O3/c1-2-17-18-14-9-3-4-10-15(14)21(25)24(20(18)22(26)27-17)16-11-5-7-13-8-6-12-23-19(13)16/h3-12,17H,2H2,1H3. The Labute approximate surface area is 154 Å². The number of cyclic esters (lactones) is 1. The van der Waals surface area contributed by atoms with E-state index in [1.165, 1.54) is 4.57 Å². The molecule has 0 N–H and O–H groups in total. The third-order valence-corrected chi connectivity index (χ3v) is 5.12. The first-order chi connectivity index (χ1) is 13.2. The Balaban J connectivity index is 2.00.